The summed E-state index contributed by atoms with van der Waals surface area (Å²) in [5, 5.41) is 0. The number of carbonyl (C=O) groups excluding carboxylic acids is 1. The van der Waals surface area contributed by atoms with Crippen molar-refractivity contribution in [3.05, 3.63) is 66.7 Å². The van der Waals surface area contributed by atoms with Gasteiger partial charge in [-0.2, -0.15) is 0 Å². The summed E-state index contributed by atoms with van der Waals surface area (Å²) in [5.74, 6) is 2.61. The summed E-state index contributed by atoms with van der Waals surface area (Å²) in [6.45, 7) is 1.29. The molecule has 1 aliphatic rings. The second kappa shape index (κ2) is 7.59. The Balaban J connectivity index is 1.34. The van der Waals surface area contributed by atoms with E-state index < -0.39 is 0 Å². The molecule has 0 saturated carbocycles. The maximum Gasteiger partial charge on any atom is 0.228 e. The van der Waals surface area contributed by atoms with Gasteiger partial charge >= 0.3 is 0 Å². The lowest BCUT2D eigenvalue weighted by molar-refractivity contribution is -0.118. The first-order chi connectivity index (χ1) is 14.7. The number of amides is 1. The van der Waals surface area contributed by atoms with Crippen molar-refractivity contribution in [2.75, 3.05) is 29.9 Å². The van der Waals surface area contributed by atoms with E-state index >= 15 is 0 Å². The van der Waals surface area contributed by atoms with E-state index in [1.807, 2.05) is 66.5 Å². The molecule has 2 aromatic carbocycles. The third-order valence-corrected chi connectivity index (χ3v) is 5.28. The zero-order valence-corrected chi connectivity index (χ0v) is 16.7. The Morgan fingerprint density at radius 1 is 0.967 bits per heavy atom. The van der Waals surface area contributed by atoms with Crippen LogP contribution < -0.4 is 9.80 Å². The minimum absolute atomic E-state index is 0.00612. The molecule has 0 N–H and O–H groups in total. The van der Waals surface area contributed by atoms with E-state index in [0.717, 1.165) is 22.4 Å². The van der Waals surface area contributed by atoms with Crippen molar-refractivity contribution in [2.45, 2.75) is 12.8 Å². The van der Waals surface area contributed by atoms with Gasteiger partial charge in [-0.05, 0) is 12.1 Å². The summed E-state index contributed by atoms with van der Waals surface area (Å²) in [5.41, 5.74) is 2.58. The average molecular weight is 399 g/mol. The molecule has 0 bridgehead atoms. The van der Waals surface area contributed by atoms with Crippen molar-refractivity contribution < 1.29 is 9.21 Å². The molecular formula is C23H21N5O2. The normalized spacial score (nSPS) is 13.5. The standard InChI is InChI=1S/C23H21N5O2/c1-27-13-14-28(23-22(27)25-17-9-5-6-10-18(17)26-23)21(29)12-11-20-24-15-19(30-20)16-7-3-2-4-8-16/h2-10,15H,11-14H2,1H3. The van der Waals surface area contributed by atoms with Gasteiger partial charge in [0.1, 0.15) is 0 Å². The number of anilines is 2. The number of para-hydroxylation sites is 2. The van der Waals surface area contributed by atoms with Crippen molar-refractivity contribution >= 4 is 28.6 Å². The fraction of sp³-hybridized carbons (Fsp3) is 0.217. The third kappa shape index (κ3) is 3.39. The summed E-state index contributed by atoms with van der Waals surface area (Å²) in [7, 11) is 1.97. The summed E-state index contributed by atoms with van der Waals surface area (Å²) in [6.07, 6.45) is 2.44. The monoisotopic (exact) mass is 399 g/mol. The predicted octanol–water partition coefficient (Wildman–Crippen LogP) is 3.70. The van der Waals surface area contributed by atoms with Crippen LogP contribution in [0.25, 0.3) is 22.4 Å². The van der Waals surface area contributed by atoms with Gasteiger partial charge in [-0.15, -0.1) is 0 Å². The number of carbonyl (C=O) groups is 1. The second-order valence-corrected chi connectivity index (χ2v) is 7.31. The van der Waals surface area contributed by atoms with Crippen LogP contribution in [0.1, 0.15) is 12.3 Å². The number of hydrogen-bond acceptors (Lipinski definition) is 6. The SMILES string of the molecule is CN1CCN(C(=O)CCc2ncc(-c3ccccc3)o2)c2nc3ccccc3nc21. The highest BCUT2D eigenvalue weighted by Crippen LogP contribution is 2.31. The van der Waals surface area contributed by atoms with Crippen LogP contribution in [-0.4, -0.2) is 41.0 Å². The molecular weight excluding hydrogens is 378 g/mol. The number of hydrogen-bond donors (Lipinski definition) is 0. The maximum atomic E-state index is 13.0. The van der Waals surface area contributed by atoms with Gasteiger partial charge in [0, 0.05) is 38.5 Å². The topological polar surface area (TPSA) is 75.4 Å². The van der Waals surface area contributed by atoms with Gasteiger partial charge in [0.25, 0.3) is 0 Å². The number of benzene rings is 2. The maximum absolute atomic E-state index is 13.0. The van der Waals surface area contributed by atoms with Gasteiger partial charge in [0.2, 0.25) is 5.91 Å². The Hall–Kier alpha value is -3.74. The van der Waals surface area contributed by atoms with E-state index in [1.54, 1.807) is 11.1 Å². The largest absolute Gasteiger partial charge is 0.441 e. The number of oxazole rings is 1. The van der Waals surface area contributed by atoms with Crippen LogP contribution >= 0.6 is 0 Å². The highest BCUT2D eigenvalue weighted by molar-refractivity contribution is 5.97. The smallest absolute Gasteiger partial charge is 0.228 e. The first-order valence-corrected chi connectivity index (χ1v) is 9.97. The van der Waals surface area contributed by atoms with Gasteiger partial charge in [0.05, 0.1) is 17.2 Å². The summed E-state index contributed by atoms with van der Waals surface area (Å²) in [4.78, 5) is 30.6. The lowest BCUT2D eigenvalue weighted by Gasteiger charge is -2.33. The Morgan fingerprint density at radius 2 is 1.67 bits per heavy atom. The fourth-order valence-corrected chi connectivity index (χ4v) is 3.63. The van der Waals surface area contributed by atoms with Crippen LogP contribution in [0.5, 0.6) is 0 Å². The van der Waals surface area contributed by atoms with Crippen LogP contribution in [0.4, 0.5) is 11.6 Å². The van der Waals surface area contributed by atoms with Gasteiger partial charge in [-0.25, -0.2) is 15.0 Å². The highest BCUT2D eigenvalue weighted by Gasteiger charge is 2.28. The quantitative estimate of drug-likeness (QED) is 0.521. The zero-order valence-electron chi connectivity index (χ0n) is 16.7. The Kier molecular flexibility index (Phi) is 4.63. The van der Waals surface area contributed by atoms with E-state index in [1.165, 1.54) is 0 Å². The van der Waals surface area contributed by atoms with Crippen LogP contribution in [0.2, 0.25) is 0 Å². The first-order valence-electron chi connectivity index (χ1n) is 9.97. The molecule has 30 heavy (non-hydrogen) atoms. The molecule has 0 saturated heterocycles. The Morgan fingerprint density at radius 3 is 2.43 bits per heavy atom. The lowest BCUT2D eigenvalue weighted by Crippen LogP contribution is -2.43. The predicted molar refractivity (Wildman–Crippen MR) is 115 cm³/mol. The molecule has 0 spiro atoms. The second-order valence-electron chi connectivity index (χ2n) is 7.31. The van der Waals surface area contributed by atoms with Crippen molar-refractivity contribution in [1.29, 1.82) is 0 Å². The fourth-order valence-electron chi connectivity index (χ4n) is 3.63. The van der Waals surface area contributed by atoms with Crippen molar-refractivity contribution in [3.63, 3.8) is 0 Å². The lowest BCUT2D eigenvalue weighted by atomic mass is 10.2. The van der Waals surface area contributed by atoms with E-state index in [0.29, 0.717) is 43.4 Å². The summed E-state index contributed by atoms with van der Waals surface area (Å²) < 4.78 is 5.83. The van der Waals surface area contributed by atoms with Crippen molar-refractivity contribution in [2.24, 2.45) is 0 Å². The van der Waals surface area contributed by atoms with E-state index in [2.05, 4.69) is 4.98 Å². The number of aryl methyl sites for hydroxylation is 1. The molecule has 7 nitrogen and oxygen atoms in total. The average Bonchev–Trinajstić information content (AvgIpc) is 3.26. The first kappa shape index (κ1) is 18.3. The van der Waals surface area contributed by atoms with Gasteiger partial charge in [-0.1, -0.05) is 42.5 Å². The van der Waals surface area contributed by atoms with Gasteiger partial charge in [-0.3, -0.25) is 9.69 Å². The van der Waals surface area contributed by atoms with Crippen molar-refractivity contribution in [3.8, 4) is 11.3 Å². The molecule has 0 atom stereocenters. The van der Waals surface area contributed by atoms with Crippen LogP contribution in [0.3, 0.4) is 0 Å². The minimum Gasteiger partial charge on any atom is -0.441 e. The third-order valence-electron chi connectivity index (χ3n) is 5.28. The molecule has 150 valence electrons. The van der Waals surface area contributed by atoms with Crippen molar-refractivity contribution in [1.82, 2.24) is 15.0 Å². The molecule has 7 heteroatoms. The Labute approximate surface area is 174 Å². The van der Waals surface area contributed by atoms with E-state index in [4.69, 9.17) is 14.4 Å². The van der Waals surface area contributed by atoms with Crippen LogP contribution in [0, 0.1) is 0 Å². The molecule has 0 radical (unpaired) electrons. The highest BCUT2D eigenvalue weighted by atomic mass is 16.4. The minimum atomic E-state index is -0.00612. The molecule has 0 fully saturated rings. The molecule has 1 aliphatic heterocycles. The number of rotatable bonds is 4. The van der Waals surface area contributed by atoms with Crippen LogP contribution in [0.15, 0.2) is 65.2 Å². The molecule has 5 rings (SSSR count). The van der Waals surface area contributed by atoms with Gasteiger partial charge in [0.15, 0.2) is 23.3 Å². The van der Waals surface area contributed by atoms with E-state index in [9.17, 15) is 4.79 Å². The van der Waals surface area contributed by atoms with Gasteiger partial charge < -0.3 is 9.32 Å². The molecule has 0 unspecified atom stereocenters. The summed E-state index contributed by atoms with van der Waals surface area (Å²) >= 11 is 0. The van der Waals surface area contributed by atoms with E-state index in [-0.39, 0.29) is 5.91 Å². The summed E-state index contributed by atoms with van der Waals surface area (Å²) in [6, 6.07) is 17.5. The number of fused-ring (bicyclic) bond motifs is 2. The number of aromatic nitrogens is 3. The molecule has 3 heterocycles. The molecule has 4 aromatic rings. The number of likely N-dealkylation sites (N-methyl/N-ethyl adjacent to an activating group) is 1. The zero-order chi connectivity index (χ0) is 20.5. The Bertz CT molecular complexity index is 1200. The molecule has 2 aromatic heterocycles. The molecule has 0 aliphatic carbocycles. The number of nitrogens with zero attached hydrogens (tertiary/aromatic N) is 5. The van der Waals surface area contributed by atoms with Crippen LogP contribution in [-0.2, 0) is 11.2 Å². The molecule has 1 amide bonds.